The van der Waals surface area contributed by atoms with Gasteiger partial charge in [-0.1, -0.05) is 12.1 Å². The van der Waals surface area contributed by atoms with Gasteiger partial charge in [0.25, 0.3) is 10.0 Å². The zero-order valence-corrected chi connectivity index (χ0v) is 14.3. The van der Waals surface area contributed by atoms with E-state index >= 15 is 0 Å². The predicted octanol–water partition coefficient (Wildman–Crippen LogP) is 1.36. The lowest BCUT2D eigenvalue weighted by Crippen LogP contribution is -2.29. The van der Waals surface area contributed by atoms with Crippen LogP contribution < -0.4 is 10.0 Å². The lowest BCUT2D eigenvalue weighted by Gasteiger charge is -2.05. The average Bonchev–Trinajstić information content (AvgIpc) is 2.83. The van der Waals surface area contributed by atoms with E-state index in [-0.39, 0.29) is 30.2 Å². The topological polar surface area (TPSA) is 87.6 Å². The van der Waals surface area contributed by atoms with Gasteiger partial charge < -0.3 is 5.32 Å². The molecule has 0 bridgehead atoms. The first-order chi connectivity index (χ1) is 12.3. The molecule has 2 aromatic carbocycles. The van der Waals surface area contributed by atoms with Crippen LogP contribution in [0.5, 0.6) is 0 Å². The van der Waals surface area contributed by atoms with Crippen LogP contribution in [0.1, 0.15) is 11.1 Å². The molecule has 0 unspecified atom stereocenters. The molecule has 0 radical (unpaired) electrons. The highest BCUT2D eigenvalue weighted by Crippen LogP contribution is 2.21. The molecule has 26 heavy (non-hydrogen) atoms. The van der Waals surface area contributed by atoms with Crippen LogP contribution in [0.2, 0.25) is 0 Å². The first kappa shape index (κ1) is 18.0. The quantitative estimate of drug-likeness (QED) is 0.822. The molecule has 2 aromatic rings. The molecular formula is C17H15F2N3O3S. The Kier molecular flexibility index (Phi) is 4.99. The first-order valence-corrected chi connectivity index (χ1v) is 9.22. The summed E-state index contributed by atoms with van der Waals surface area (Å²) in [5.74, 6) is -1.67. The number of halogens is 2. The number of hydrogen-bond donors (Lipinski definition) is 2. The Balaban J connectivity index is 1.57. The Morgan fingerprint density at radius 1 is 1.12 bits per heavy atom. The molecule has 1 heterocycles. The third-order valence-corrected chi connectivity index (χ3v) is 5.10. The normalized spacial score (nSPS) is 16.2. The van der Waals surface area contributed by atoms with E-state index in [9.17, 15) is 22.0 Å². The second kappa shape index (κ2) is 7.20. The van der Waals surface area contributed by atoms with Gasteiger partial charge in [0, 0.05) is 18.2 Å². The zero-order chi connectivity index (χ0) is 18.7. The van der Waals surface area contributed by atoms with Crippen molar-refractivity contribution < 1.29 is 22.0 Å². The van der Waals surface area contributed by atoms with Crippen LogP contribution in [0.15, 0.2) is 52.4 Å². The van der Waals surface area contributed by atoms with E-state index in [1.165, 1.54) is 18.2 Å². The van der Waals surface area contributed by atoms with Gasteiger partial charge in [-0.2, -0.15) is 0 Å². The van der Waals surface area contributed by atoms with Gasteiger partial charge in [-0.3, -0.25) is 14.5 Å². The van der Waals surface area contributed by atoms with E-state index in [2.05, 4.69) is 15.0 Å². The van der Waals surface area contributed by atoms with Crippen molar-refractivity contribution in [3.05, 3.63) is 65.2 Å². The van der Waals surface area contributed by atoms with Gasteiger partial charge in [0.1, 0.15) is 24.0 Å². The standard InChI is InChI=1S/C17H15F2N3O3S/c18-12-7-11(8-13(19)9-12)5-6-20-16(23)10-21-17-14-3-1-2-4-15(14)26(24,25)22-17/h1-4,7-9H,5-6,10H2,(H,20,23)(H,21,22). The van der Waals surface area contributed by atoms with E-state index < -0.39 is 27.6 Å². The van der Waals surface area contributed by atoms with E-state index in [1.807, 2.05) is 0 Å². The Bertz CT molecular complexity index is 970. The van der Waals surface area contributed by atoms with Crippen molar-refractivity contribution in [2.45, 2.75) is 11.3 Å². The van der Waals surface area contributed by atoms with Crippen molar-refractivity contribution in [2.24, 2.45) is 4.99 Å². The lowest BCUT2D eigenvalue weighted by atomic mass is 10.1. The van der Waals surface area contributed by atoms with Gasteiger partial charge in [0.05, 0.1) is 4.90 Å². The summed E-state index contributed by atoms with van der Waals surface area (Å²) in [7, 11) is -3.65. The summed E-state index contributed by atoms with van der Waals surface area (Å²) in [5.41, 5.74) is 0.835. The minimum Gasteiger partial charge on any atom is -0.354 e. The van der Waals surface area contributed by atoms with Gasteiger partial charge in [-0.25, -0.2) is 17.2 Å². The summed E-state index contributed by atoms with van der Waals surface area (Å²) in [6, 6.07) is 9.50. The summed E-state index contributed by atoms with van der Waals surface area (Å²) in [6.07, 6.45) is 0.256. The summed E-state index contributed by atoms with van der Waals surface area (Å²) < 4.78 is 52.4. The Morgan fingerprint density at radius 2 is 1.81 bits per heavy atom. The monoisotopic (exact) mass is 379 g/mol. The number of rotatable bonds is 5. The number of carbonyl (C=O) groups is 1. The maximum absolute atomic E-state index is 13.1. The number of amidine groups is 1. The number of benzene rings is 2. The van der Waals surface area contributed by atoms with Crippen LogP contribution in [0, 0.1) is 11.6 Å². The van der Waals surface area contributed by atoms with E-state index in [1.54, 1.807) is 18.2 Å². The third kappa shape index (κ3) is 4.05. The number of nitrogens with one attached hydrogen (secondary N) is 2. The molecule has 1 aliphatic rings. The molecule has 2 N–H and O–H groups in total. The molecule has 1 amide bonds. The fourth-order valence-electron chi connectivity index (χ4n) is 2.56. The number of sulfonamides is 1. The molecule has 0 saturated heterocycles. The van der Waals surface area contributed by atoms with Crippen molar-refractivity contribution in [3.8, 4) is 0 Å². The highest BCUT2D eigenvalue weighted by molar-refractivity contribution is 7.90. The smallest absolute Gasteiger partial charge is 0.263 e. The summed E-state index contributed by atoms with van der Waals surface area (Å²) in [5, 5.41) is 2.57. The SMILES string of the molecule is O=C(CN=C1NS(=O)(=O)c2ccccc21)NCCc1cc(F)cc(F)c1. The summed E-state index contributed by atoms with van der Waals surface area (Å²) in [4.78, 5) is 16.0. The molecule has 3 rings (SSSR count). The minimum atomic E-state index is -3.65. The Hall–Kier alpha value is -2.81. The molecule has 136 valence electrons. The fourth-order valence-corrected chi connectivity index (χ4v) is 3.81. The number of nitrogens with zero attached hydrogens (tertiary/aromatic N) is 1. The lowest BCUT2D eigenvalue weighted by molar-refractivity contribution is -0.119. The number of aliphatic imine (C=N–C) groups is 1. The summed E-state index contributed by atoms with van der Waals surface area (Å²) >= 11 is 0. The molecule has 0 spiro atoms. The van der Waals surface area contributed by atoms with Gasteiger partial charge in [-0.05, 0) is 36.2 Å². The highest BCUT2D eigenvalue weighted by atomic mass is 32.2. The summed E-state index contributed by atoms with van der Waals surface area (Å²) in [6.45, 7) is -0.0986. The Labute approximate surface area is 149 Å². The van der Waals surface area contributed by atoms with Crippen molar-refractivity contribution >= 4 is 21.8 Å². The molecule has 1 aliphatic heterocycles. The maximum atomic E-state index is 13.1. The molecule has 0 fully saturated rings. The van der Waals surface area contributed by atoms with E-state index in [0.717, 1.165) is 6.07 Å². The number of hydrogen-bond acceptors (Lipinski definition) is 4. The third-order valence-electron chi connectivity index (χ3n) is 3.70. The second-order valence-electron chi connectivity index (χ2n) is 5.64. The van der Waals surface area contributed by atoms with Crippen LogP contribution in [-0.2, 0) is 21.2 Å². The molecular weight excluding hydrogens is 364 g/mol. The largest absolute Gasteiger partial charge is 0.354 e. The van der Waals surface area contributed by atoms with Crippen LogP contribution in [0.25, 0.3) is 0 Å². The minimum absolute atomic E-state index is 0.114. The Morgan fingerprint density at radius 3 is 2.54 bits per heavy atom. The van der Waals surface area contributed by atoms with E-state index in [4.69, 9.17) is 0 Å². The number of amides is 1. The zero-order valence-electron chi connectivity index (χ0n) is 13.5. The van der Waals surface area contributed by atoms with Gasteiger partial charge in [0.2, 0.25) is 5.91 Å². The van der Waals surface area contributed by atoms with Gasteiger partial charge in [-0.15, -0.1) is 0 Å². The van der Waals surface area contributed by atoms with Crippen LogP contribution >= 0.6 is 0 Å². The predicted molar refractivity (Wildman–Crippen MR) is 91.2 cm³/mol. The average molecular weight is 379 g/mol. The number of fused-ring (bicyclic) bond motifs is 1. The first-order valence-electron chi connectivity index (χ1n) is 7.73. The van der Waals surface area contributed by atoms with Crippen molar-refractivity contribution in [1.29, 1.82) is 0 Å². The molecule has 0 aromatic heterocycles. The highest BCUT2D eigenvalue weighted by Gasteiger charge is 2.30. The maximum Gasteiger partial charge on any atom is 0.263 e. The number of carbonyl (C=O) groups excluding carboxylic acids is 1. The van der Waals surface area contributed by atoms with Crippen LogP contribution in [0.4, 0.5) is 8.78 Å². The van der Waals surface area contributed by atoms with Crippen molar-refractivity contribution in [2.75, 3.05) is 13.1 Å². The second-order valence-corrected chi connectivity index (χ2v) is 7.29. The molecule has 6 nitrogen and oxygen atoms in total. The van der Waals surface area contributed by atoms with Crippen molar-refractivity contribution in [3.63, 3.8) is 0 Å². The molecule has 0 atom stereocenters. The molecule has 9 heteroatoms. The van der Waals surface area contributed by atoms with Gasteiger partial charge >= 0.3 is 0 Å². The molecule has 0 saturated carbocycles. The van der Waals surface area contributed by atoms with Gasteiger partial charge in [0.15, 0.2) is 0 Å². The fraction of sp³-hybridized carbons (Fsp3) is 0.176. The van der Waals surface area contributed by atoms with Crippen LogP contribution in [0.3, 0.4) is 0 Å². The van der Waals surface area contributed by atoms with Crippen LogP contribution in [-0.4, -0.2) is 33.3 Å². The van der Waals surface area contributed by atoms with Crippen molar-refractivity contribution in [1.82, 2.24) is 10.0 Å². The molecule has 0 aliphatic carbocycles. The van der Waals surface area contributed by atoms with E-state index in [0.29, 0.717) is 11.1 Å².